The molecule has 1 fully saturated rings. The summed E-state index contributed by atoms with van der Waals surface area (Å²) in [5.41, 5.74) is 0. The standard InChI is InChI=1S/C19H22Cl2O3S/c20-14-9-15(21)11-16(10-14)25-12-17-13(7-8-18(17)22)5-3-1-2-4-6-19(23)24/h1,3,9-11,13,17H,2,4-8,12H2,(H,23,24)/b3-1-/t13-,17+/m0/s1. The van der Waals surface area contributed by atoms with Gasteiger partial charge in [-0.25, -0.2) is 0 Å². The van der Waals surface area contributed by atoms with Gasteiger partial charge in [-0.05, 0) is 49.8 Å². The molecular weight excluding hydrogens is 379 g/mol. The lowest BCUT2D eigenvalue weighted by Crippen LogP contribution is -2.17. The highest BCUT2D eigenvalue weighted by molar-refractivity contribution is 7.99. The highest BCUT2D eigenvalue weighted by atomic mass is 35.5. The predicted octanol–water partition coefficient (Wildman–Crippen LogP) is 5.88. The summed E-state index contributed by atoms with van der Waals surface area (Å²) < 4.78 is 0. The van der Waals surface area contributed by atoms with Crippen molar-refractivity contribution in [3.63, 3.8) is 0 Å². The van der Waals surface area contributed by atoms with Gasteiger partial charge in [-0.3, -0.25) is 9.59 Å². The second kappa shape index (κ2) is 10.2. The Labute approximate surface area is 162 Å². The van der Waals surface area contributed by atoms with Crippen molar-refractivity contribution in [3.8, 4) is 0 Å². The van der Waals surface area contributed by atoms with Crippen molar-refractivity contribution in [2.75, 3.05) is 5.75 Å². The fourth-order valence-electron chi connectivity index (χ4n) is 3.05. The fourth-order valence-corrected chi connectivity index (χ4v) is 4.95. The zero-order valence-electron chi connectivity index (χ0n) is 13.9. The van der Waals surface area contributed by atoms with Crippen LogP contribution in [0, 0.1) is 11.8 Å². The average molecular weight is 401 g/mol. The summed E-state index contributed by atoms with van der Waals surface area (Å²) >= 11 is 13.7. The highest BCUT2D eigenvalue weighted by Crippen LogP contribution is 2.37. The number of carbonyl (C=O) groups is 2. The van der Waals surface area contributed by atoms with E-state index in [2.05, 4.69) is 6.08 Å². The van der Waals surface area contributed by atoms with Gasteiger partial charge in [0.25, 0.3) is 0 Å². The minimum atomic E-state index is -0.756. The molecule has 136 valence electrons. The summed E-state index contributed by atoms with van der Waals surface area (Å²) in [6.07, 6.45) is 8.22. The fraction of sp³-hybridized carbons (Fsp3) is 0.474. The third kappa shape index (κ3) is 7.04. The molecule has 2 atom stereocenters. The van der Waals surface area contributed by atoms with Gasteiger partial charge in [0.2, 0.25) is 0 Å². The van der Waals surface area contributed by atoms with Gasteiger partial charge in [0.15, 0.2) is 0 Å². The summed E-state index contributed by atoms with van der Waals surface area (Å²) in [5, 5.41) is 9.82. The van der Waals surface area contributed by atoms with Crippen molar-refractivity contribution >= 4 is 46.7 Å². The lowest BCUT2D eigenvalue weighted by Gasteiger charge is -2.16. The van der Waals surface area contributed by atoms with Crippen LogP contribution in [-0.4, -0.2) is 22.6 Å². The molecule has 1 aromatic carbocycles. The van der Waals surface area contributed by atoms with Crippen LogP contribution in [0.3, 0.4) is 0 Å². The lowest BCUT2D eigenvalue weighted by molar-refractivity contribution is -0.137. The largest absolute Gasteiger partial charge is 0.481 e. The Bertz CT molecular complexity index is 625. The molecule has 0 radical (unpaired) electrons. The van der Waals surface area contributed by atoms with Gasteiger partial charge in [-0.15, -0.1) is 11.8 Å². The van der Waals surface area contributed by atoms with E-state index in [1.54, 1.807) is 17.8 Å². The Balaban J connectivity index is 1.82. The summed E-state index contributed by atoms with van der Waals surface area (Å²) in [5.74, 6) is 0.752. The molecule has 6 heteroatoms. The zero-order chi connectivity index (χ0) is 18.2. The number of unbranched alkanes of at least 4 members (excludes halogenated alkanes) is 1. The first-order chi connectivity index (χ1) is 12.0. The van der Waals surface area contributed by atoms with Gasteiger partial charge in [0, 0.05) is 39.5 Å². The predicted molar refractivity (Wildman–Crippen MR) is 104 cm³/mol. The van der Waals surface area contributed by atoms with E-state index >= 15 is 0 Å². The van der Waals surface area contributed by atoms with Crippen molar-refractivity contribution in [1.82, 2.24) is 0 Å². The molecule has 0 heterocycles. The number of thioether (sulfide) groups is 1. The van der Waals surface area contributed by atoms with E-state index in [0.717, 1.165) is 29.9 Å². The Morgan fingerprint density at radius 2 is 1.96 bits per heavy atom. The Morgan fingerprint density at radius 1 is 1.24 bits per heavy atom. The van der Waals surface area contributed by atoms with E-state index in [0.29, 0.717) is 34.6 Å². The number of carbonyl (C=O) groups excluding carboxylic acids is 1. The van der Waals surface area contributed by atoms with Gasteiger partial charge in [0.1, 0.15) is 5.78 Å². The first-order valence-electron chi connectivity index (χ1n) is 8.44. The Kier molecular flexibility index (Phi) is 8.34. The second-order valence-corrected chi connectivity index (χ2v) is 8.25. The number of ketones is 1. The van der Waals surface area contributed by atoms with E-state index in [4.69, 9.17) is 28.3 Å². The van der Waals surface area contributed by atoms with E-state index in [1.807, 2.05) is 18.2 Å². The summed E-state index contributed by atoms with van der Waals surface area (Å²) in [7, 11) is 0. The van der Waals surface area contributed by atoms with Gasteiger partial charge in [0.05, 0.1) is 0 Å². The molecule has 0 saturated heterocycles. The minimum absolute atomic E-state index is 0.0615. The van der Waals surface area contributed by atoms with Crippen LogP contribution in [0.25, 0.3) is 0 Å². The second-order valence-electron chi connectivity index (χ2n) is 6.28. The summed E-state index contributed by atoms with van der Waals surface area (Å²) in [6, 6.07) is 5.44. The molecule has 2 rings (SSSR count). The Hall–Kier alpha value is -0.970. The van der Waals surface area contributed by atoms with Gasteiger partial charge in [-0.2, -0.15) is 0 Å². The van der Waals surface area contributed by atoms with Gasteiger partial charge < -0.3 is 5.11 Å². The number of aliphatic carboxylic acids is 1. The molecule has 25 heavy (non-hydrogen) atoms. The molecule has 1 N–H and O–H groups in total. The number of carboxylic acid groups (broad SMARTS) is 1. The number of halogens is 2. The van der Waals surface area contributed by atoms with Crippen LogP contribution in [0.4, 0.5) is 0 Å². The van der Waals surface area contributed by atoms with E-state index in [1.165, 1.54) is 0 Å². The number of carboxylic acids is 1. The van der Waals surface area contributed by atoms with Crippen LogP contribution in [-0.2, 0) is 9.59 Å². The van der Waals surface area contributed by atoms with Crippen LogP contribution >= 0.6 is 35.0 Å². The number of rotatable bonds is 9. The zero-order valence-corrected chi connectivity index (χ0v) is 16.2. The molecule has 0 bridgehead atoms. The third-order valence-corrected chi connectivity index (χ3v) is 5.91. The number of allylic oxidation sites excluding steroid dienone is 2. The highest BCUT2D eigenvalue weighted by Gasteiger charge is 2.33. The monoisotopic (exact) mass is 400 g/mol. The van der Waals surface area contributed by atoms with Crippen LogP contribution in [0.15, 0.2) is 35.2 Å². The third-order valence-electron chi connectivity index (χ3n) is 4.38. The molecule has 1 aliphatic carbocycles. The maximum absolute atomic E-state index is 12.2. The van der Waals surface area contributed by atoms with Gasteiger partial charge in [-0.1, -0.05) is 35.4 Å². The molecule has 1 saturated carbocycles. The van der Waals surface area contributed by atoms with Crippen LogP contribution < -0.4 is 0 Å². The first kappa shape index (κ1) is 20.3. The average Bonchev–Trinajstić information content (AvgIpc) is 2.87. The quantitative estimate of drug-likeness (QED) is 0.319. The smallest absolute Gasteiger partial charge is 0.303 e. The minimum Gasteiger partial charge on any atom is -0.481 e. The maximum atomic E-state index is 12.2. The molecule has 0 spiro atoms. The first-order valence-corrected chi connectivity index (χ1v) is 10.2. The topological polar surface area (TPSA) is 54.4 Å². The van der Waals surface area contributed by atoms with Crippen LogP contribution in [0.5, 0.6) is 0 Å². The number of benzene rings is 1. The van der Waals surface area contributed by atoms with Gasteiger partial charge >= 0.3 is 5.97 Å². The molecule has 1 aliphatic rings. The Morgan fingerprint density at radius 3 is 2.64 bits per heavy atom. The number of hydrogen-bond donors (Lipinski definition) is 1. The van der Waals surface area contributed by atoms with Crippen molar-refractivity contribution in [2.24, 2.45) is 11.8 Å². The van der Waals surface area contributed by atoms with Crippen LogP contribution in [0.2, 0.25) is 10.0 Å². The summed E-state index contributed by atoms with van der Waals surface area (Å²) in [4.78, 5) is 23.7. The molecule has 0 amide bonds. The molecule has 1 aromatic rings. The van der Waals surface area contributed by atoms with Crippen molar-refractivity contribution < 1.29 is 14.7 Å². The molecule has 0 aliphatic heterocycles. The lowest BCUT2D eigenvalue weighted by atomic mass is 9.94. The molecule has 0 unspecified atom stereocenters. The molecular formula is C19H22Cl2O3S. The van der Waals surface area contributed by atoms with E-state index < -0.39 is 5.97 Å². The van der Waals surface area contributed by atoms with Crippen molar-refractivity contribution in [1.29, 1.82) is 0 Å². The van der Waals surface area contributed by atoms with Crippen LogP contribution in [0.1, 0.15) is 38.5 Å². The SMILES string of the molecule is O=C(O)CCC/C=C\C[C@H]1CCC(=O)[C@@H]1CSc1cc(Cl)cc(Cl)c1. The number of Topliss-reactive ketones (excluding diaryl/α,β-unsaturated/α-hetero) is 1. The van der Waals surface area contributed by atoms with E-state index in [9.17, 15) is 9.59 Å². The summed E-state index contributed by atoms with van der Waals surface area (Å²) in [6.45, 7) is 0. The molecule has 3 nitrogen and oxygen atoms in total. The number of hydrogen-bond acceptors (Lipinski definition) is 3. The normalized spacial score (nSPS) is 20.5. The van der Waals surface area contributed by atoms with E-state index in [-0.39, 0.29) is 12.3 Å². The molecule has 0 aromatic heterocycles. The van der Waals surface area contributed by atoms with Crippen molar-refractivity contribution in [2.45, 2.75) is 43.4 Å². The van der Waals surface area contributed by atoms with Crippen molar-refractivity contribution in [3.05, 3.63) is 40.4 Å². The maximum Gasteiger partial charge on any atom is 0.303 e.